The number of nitrogens with zero attached hydrogens (tertiary/aromatic N) is 1. The van der Waals surface area contributed by atoms with Crippen molar-refractivity contribution in [3.8, 4) is 11.5 Å². The standard InChI is InChI=1S/C15H23NO2/c1-3-17-14-6-4-5-7-15(14)18-12-13-8-10-16(2)11-9-13/h4-7,13H,3,8-12H2,1-2H3. The number of benzene rings is 1. The number of hydrogen-bond donors (Lipinski definition) is 0. The minimum atomic E-state index is 0.675. The van der Waals surface area contributed by atoms with Crippen LogP contribution < -0.4 is 9.47 Å². The molecule has 0 N–H and O–H groups in total. The smallest absolute Gasteiger partial charge is 0.161 e. The van der Waals surface area contributed by atoms with E-state index in [0.717, 1.165) is 18.1 Å². The van der Waals surface area contributed by atoms with E-state index in [4.69, 9.17) is 9.47 Å². The zero-order valence-electron chi connectivity index (χ0n) is 11.4. The Bertz CT molecular complexity index is 359. The SMILES string of the molecule is CCOc1ccccc1OCC1CCN(C)CC1. The van der Waals surface area contributed by atoms with E-state index in [1.165, 1.54) is 25.9 Å². The summed E-state index contributed by atoms with van der Waals surface area (Å²) >= 11 is 0. The summed E-state index contributed by atoms with van der Waals surface area (Å²) in [5, 5.41) is 0. The second kappa shape index (κ2) is 6.64. The van der Waals surface area contributed by atoms with Crippen molar-refractivity contribution in [1.29, 1.82) is 0 Å². The fraction of sp³-hybridized carbons (Fsp3) is 0.600. The van der Waals surface area contributed by atoms with E-state index in [0.29, 0.717) is 12.5 Å². The summed E-state index contributed by atoms with van der Waals surface area (Å²) < 4.78 is 11.5. The monoisotopic (exact) mass is 249 g/mol. The summed E-state index contributed by atoms with van der Waals surface area (Å²) in [5.74, 6) is 2.40. The van der Waals surface area contributed by atoms with Crippen LogP contribution in [0.25, 0.3) is 0 Å². The second-order valence-electron chi connectivity index (χ2n) is 4.94. The van der Waals surface area contributed by atoms with Crippen molar-refractivity contribution >= 4 is 0 Å². The normalized spacial score (nSPS) is 17.7. The van der Waals surface area contributed by atoms with Crippen LogP contribution in [0.2, 0.25) is 0 Å². The maximum Gasteiger partial charge on any atom is 0.161 e. The molecule has 1 saturated heterocycles. The molecule has 0 saturated carbocycles. The largest absolute Gasteiger partial charge is 0.490 e. The highest BCUT2D eigenvalue weighted by Gasteiger charge is 2.17. The van der Waals surface area contributed by atoms with Crippen LogP contribution in [0.5, 0.6) is 11.5 Å². The van der Waals surface area contributed by atoms with Crippen molar-refractivity contribution in [2.24, 2.45) is 5.92 Å². The number of ether oxygens (including phenoxy) is 2. The van der Waals surface area contributed by atoms with Gasteiger partial charge < -0.3 is 14.4 Å². The molecule has 1 aromatic rings. The van der Waals surface area contributed by atoms with Gasteiger partial charge in [0, 0.05) is 0 Å². The lowest BCUT2D eigenvalue weighted by Crippen LogP contribution is -2.32. The summed E-state index contributed by atoms with van der Waals surface area (Å²) in [4.78, 5) is 2.38. The predicted molar refractivity (Wildman–Crippen MR) is 73.3 cm³/mol. The Balaban J connectivity index is 1.86. The topological polar surface area (TPSA) is 21.7 Å². The van der Waals surface area contributed by atoms with Crippen molar-refractivity contribution in [3.63, 3.8) is 0 Å². The molecule has 1 aromatic carbocycles. The quantitative estimate of drug-likeness (QED) is 0.801. The Morgan fingerprint density at radius 2 is 1.72 bits per heavy atom. The molecule has 0 atom stereocenters. The molecule has 1 aliphatic rings. The van der Waals surface area contributed by atoms with E-state index in [1.807, 2.05) is 31.2 Å². The van der Waals surface area contributed by atoms with Gasteiger partial charge in [-0.15, -0.1) is 0 Å². The maximum absolute atomic E-state index is 5.92. The Kier molecular flexibility index (Phi) is 4.88. The van der Waals surface area contributed by atoms with E-state index >= 15 is 0 Å². The first-order valence-electron chi connectivity index (χ1n) is 6.82. The molecule has 2 rings (SSSR count). The summed E-state index contributed by atoms with van der Waals surface area (Å²) in [7, 11) is 2.18. The van der Waals surface area contributed by atoms with Crippen molar-refractivity contribution in [2.45, 2.75) is 19.8 Å². The first-order valence-corrected chi connectivity index (χ1v) is 6.82. The van der Waals surface area contributed by atoms with Gasteiger partial charge >= 0.3 is 0 Å². The van der Waals surface area contributed by atoms with Crippen LogP contribution in [0.3, 0.4) is 0 Å². The van der Waals surface area contributed by atoms with E-state index in [1.54, 1.807) is 0 Å². The Hall–Kier alpha value is -1.22. The van der Waals surface area contributed by atoms with E-state index in [2.05, 4.69) is 11.9 Å². The van der Waals surface area contributed by atoms with Gasteiger partial charge in [0.25, 0.3) is 0 Å². The van der Waals surface area contributed by atoms with Crippen molar-refractivity contribution in [3.05, 3.63) is 24.3 Å². The van der Waals surface area contributed by atoms with Crippen LogP contribution in [0.4, 0.5) is 0 Å². The molecule has 0 radical (unpaired) electrons. The zero-order chi connectivity index (χ0) is 12.8. The molecule has 0 bridgehead atoms. The fourth-order valence-corrected chi connectivity index (χ4v) is 2.28. The highest BCUT2D eigenvalue weighted by atomic mass is 16.5. The highest BCUT2D eigenvalue weighted by molar-refractivity contribution is 5.39. The van der Waals surface area contributed by atoms with Gasteiger partial charge in [-0.2, -0.15) is 0 Å². The maximum atomic E-state index is 5.92. The first kappa shape index (κ1) is 13.2. The minimum Gasteiger partial charge on any atom is -0.490 e. The van der Waals surface area contributed by atoms with Gasteiger partial charge in [0.15, 0.2) is 11.5 Å². The summed E-state index contributed by atoms with van der Waals surface area (Å²) in [6, 6.07) is 7.92. The molecule has 100 valence electrons. The van der Waals surface area contributed by atoms with Crippen molar-refractivity contribution in [2.75, 3.05) is 33.4 Å². The highest BCUT2D eigenvalue weighted by Crippen LogP contribution is 2.27. The lowest BCUT2D eigenvalue weighted by Gasteiger charge is -2.28. The van der Waals surface area contributed by atoms with Gasteiger partial charge in [-0.25, -0.2) is 0 Å². The van der Waals surface area contributed by atoms with Crippen LogP contribution in [0.1, 0.15) is 19.8 Å². The molecule has 0 amide bonds. The molecule has 0 aliphatic carbocycles. The van der Waals surface area contributed by atoms with Crippen LogP contribution >= 0.6 is 0 Å². The molecule has 3 heteroatoms. The number of hydrogen-bond acceptors (Lipinski definition) is 3. The average molecular weight is 249 g/mol. The van der Waals surface area contributed by atoms with Gasteiger partial charge in [0.05, 0.1) is 13.2 Å². The molecule has 3 nitrogen and oxygen atoms in total. The van der Waals surface area contributed by atoms with Gasteiger partial charge in [0.1, 0.15) is 0 Å². The fourth-order valence-electron chi connectivity index (χ4n) is 2.28. The van der Waals surface area contributed by atoms with Crippen molar-refractivity contribution < 1.29 is 9.47 Å². The molecular formula is C15H23NO2. The van der Waals surface area contributed by atoms with E-state index < -0.39 is 0 Å². The number of likely N-dealkylation sites (tertiary alicyclic amines) is 1. The molecule has 1 heterocycles. The molecular weight excluding hydrogens is 226 g/mol. The lowest BCUT2D eigenvalue weighted by molar-refractivity contribution is 0.156. The number of rotatable bonds is 5. The third-order valence-corrected chi connectivity index (χ3v) is 3.46. The van der Waals surface area contributed by atoms with Crippen LogP contribution in [-0.4, -0.2) is 38.3 Å². The summed E-state index contributed by atoms with van der Waals surface area (Å²) in [6.07, 6.45) is 2.46. The molecule has 1 aliphatic heterocycles. The Labute approximate surface area is 110 Å². The molecule has 0 unspecified atom stereocenters. The summed E-state index contributed by atoms with van der Waals surface area (Å²) in [5.41, 5.74) is 0. The number of piperidine rings is 1. The van der Waals surface area contributed by atoms with Crippen molar-refractivity contribution in [1.82, 2.24) is 4.90 Å². The third-order valence-electron chi connectivity index (χ3n) is 3.46. The predicted octanol–water partition coefficient (Wildman–Crippen LogP) is 2.81. The van der Waals surface area contributed by atoms with E-state index in [9.17, 15) is 0 Å². The lowest BCUT2D eigenvalue weighted by atomic mass is 9.98. The first-order chi connectivity index (χ1) is 8.79. The van der Waals surface area contributed by atoms with E-state index in [-0.39, 0.29) is 0 Å². The van der Waals surface area contributed by atoms with Crippen LogP contribution in [0.15, 0.2) is 24.3 Å². The molecule has 18 heavy (non-hydrogen) atoms. The Morgan fingerprint density at radius 1 is 1.11 bits per heavy atom. The number of para-hydroxylation sites is 2. The van der Waals surface area contributed by atoms with Gasteiger partial charge in [-0.3, -0.25) is 0 Å². The third kappa shape index (κ3) is 3.64. The molecule has 0 aromatic heterocycles. The zero-order valence-corrected chi connectivity index (χ0v) is 11.4. The average Bonchev–Trinajstić information content (AvgIpc) is 2.40. The summed E-state index contributed by atoms with van der Waals surface area (Å²) in [6.45, 7) is 5.84. The van der Waals surface area contributed by atoms with Gasteiger partial charge in [0.2, 0.25) is 0 Å². The van der Waals surface area contributed by atoms with Gasteiger partial charge in [-0.1, -0.05) is 12.1 Å². The van der Waals surface area contributed by atoms with Crippen LogP contribution in [-0.2, 0) is 0 Å². The molecule has 0 spiro atoms. The molecule has 1 fully saturated rings. The second-order valence-corrected chi connectivity index (χ2v) is 4.94. The minimum absolute atomic E-state index is 0.675. The van der Waals surface area contributed by atoms with Gasteiger partial charge in [-0.05, 0) is 58.0 Å². The Morgan fingerprint density at radius 3 is 2.33 bits per heavy atom. The van der Waals surface area contributed by atoms with Crippen LogP contribution in [0, 0.1) is 5.92 Å².